The first-order valence-corrected chi connectivity index (χ1v) is 12.1. The quantitative estimate of drug-likeness (QED) is 0.795. The summed E-state index contributed by atoms with van der Waals surface area (Å²) in [7, 11) is 0. The number of ether oxygens (including phenoxy) is 1. The van der Waals surface area contributed by atoms with E-state index < -0.39 is 0 Å². The zero-order valence-corrected chi connectivity index (χ0v) is 18.4. The lowest BCUT2D eigenvalue weighted by Crippen LogP contribution is -2.47. The van der Waals surface area contributed by atoms with Crippen LogP contribution in [0.1, 0.15) is 30.4 Å². The molecule has 1 N–H and O–H groups in total. The number of piperidine rings is 1. The summed E-state index contributed by atoms with van der Waals surface area (Å²) in [5, 5.41) is 3.82. The molecule has 5 heterocycles. The first-order valence-electron chi connectivity index (χ1n) is 12.1. The molecule has 0 aliphatic carbocycles. The van der Waals surface area contributed by atoms with E-state index in [4.69, 9.17) is 4.74 Å². The van der Waals surface area contributed by atoms with Crippen LogP contribution >= 0.6 is 0 Å². The fourth-order valence-electron chi connectivity index (χ4n) is 5.90. The Bertz CT molecular complexity index is 908. The summed E-state index contributed by atoms with van der Waals surface area (Å²) < 4.78 is 5.75. The Balaban J connectivity index is 0.995. The minimum Gasteiger partial charge on any atom is -0.493 e. The summed E-state index contributed by atoms with van der Waals surface area (Å²) in [5.74, 6) is 2.57. The standard InChI is InChI=1S/C26H34N4O/c1-4-21-5-2-12-30-24(19-29(11-1)26(21)30)18-28-13-9-23(10-14-28)27-17-20-7-8-25-22(16-20)6-3-15-31-25/h1-2,4-5,7-8,16,23-24,27H,3,6,9-15,17-19H2/t24-/m1/s1. The van der Waals surface area contributed by atoms with Gasteiger partial charge in [0, 0.05) is 44.3 Å². The molecule has 0 amide bonds. The molecule has 6 rings (SSSR count). The third-order valence-electron chi connectivity index (χ3n) is 7.55. The van der Waals surface area contributed by atoms with Crippen molar-refractivity contribution in [3.8, 4) is 5.75 Å². The third-order valence-corrected chi connectivity index (χ3v) is 7.55. The van der Waals surface area contributed by atoms with E-state index in [-0.39, 0.29) is 0 Å². The Kier molecular flexibility index (Phi) is 5.24. The molecule has 0 unspecified atom stereocenters. The van der Waals surface area contributed by atoms with E-state index in [1.54, 1.807) is 0 Å². The summed E-state index contributed by atoms with van der Waals surface area (Å²) >= 11 is 0. The number of likely N-dealkylation sites (tertiary alicyclic amines) is 1. The number of rotatable bonds is 5. The highest BCUT2D eigenvalue weighted by molar-refractivity contribution is 5.42. The number of hydrogen-bond acceptors (Lipinski definition) is 5. The normalized spacial score (nSPS) is 25.6. The van der Waals surface area contributed by atoms with Crippen LogP contribution in [0.15, 0.2) is 53.9 Å². The summed E-state index contributed by atoms with van der Waals surface area (Å²) in [4.78, 5) is 7.91. The molecule has 0 bridgehead atoms. The number of nitrogens with one attached hydrogen (secondary N) is 1. The minimum absolute atomic E-state index is 0.622. The number of benzene rings is 1. The van der Waals surface area contributed by atoms with E-state index >= 15 is 0 Å². The summed E-state index contributed by atoms with van der Waals surface area (Å²) in [5.41, 5.74) is 4.18. The molecule has 5 aliphatic rings. The van der Waals surface area contributed by atoms with E-state index in [9.17, 15) is 0 Å². The Morgan fingerprint density at radius 3 is 2.84 bits per heavy atom. The highest BCUT2D eigenvalue weighted by Gasteiger charge is 2.37. The van der Waals surface area contributed by atoms with Gasteiger partial charge in [0.15, 0.2) is 0 Å². The van der Waals surface area contributed by atoms with Gasteiger partial charge in [-0.25, -0.2) is 0 Å². The van der Waals surface area contributed by atoms with Crippen LogP contribution in [-0.4, -0.2) is 72.7 Å². The lowest BCUT2D eigenvalue weighted by molar-refractivity contribution is 0.157. The van der Waals surface area contributed by atoms with E-state index in [0.717, 1.165) is 44.8 Å². The SMILES string of the molecule is C1=CC2=C3N(C1)C[C@@H](CN1CCC(NCc4ccc5c(c4)CCCO5)CC1)N3CC=C2. The van der Waals surface area contributed by atoms with Gasteiger partial charge in [0.2, 0.25) is 0 Å². The first kappa shape index (κ1) is 19.4. The highest BCUT2D eigenvalue weighted by atomic mass is 16.5. The molecule has 0 saturated carbocycles. The van der Waals surface area contributed by atoms with Crippen molar-refractivity contribution in [1.29, 1.82) is 0 Å². The van der Waals surface area contributed by atoms with Crippen molar-refractivity contribution < 1.29 is 4.74 Å². The maximum Gasteiger partial charge on any atom is 0.122 e. The van der Waals surface area contributed by atoms with Crippen LogP contribution in [0.4, 0.5) is 0 Å². The van der Waals surface area contributed by atoms with Gasteiger partial charge in [-0.1, -0.05) is 36.4 Å². The summed E-state index contributed by atoms with van der Waals surface area (Å²) in [6, 6.07) is 7.99. The van der Waals surface area contributed by atoms with Crippen molar-refractivity contribution in [2.75, 3.05) is 45.9 Å². The molecule has 2 fully saturated rings. The number of aryl methyl sites for hydroxylation is 1. The molecular formula is C26H34N4O. The first-order chi connectivity index (χ1) is 15.3. The van der Waals surface area contributed by atoms with Crippen molar-refractivity contribution >= 4 is 0 Å². The molecule has 0 aromatic heterocycles. The fourth-order valence-corrected chi connectivity index (χ4v) is 5.90. The van der Waals surface area contributed by atoms with Crippen LogP contribution in [0.5, 0.6) is 5.75 Å². The van der Waals surface area contributed by atoms with E-state index in [0.29, 0.717) is 12.1 Å². The molecule has 31 heavy (non-hydrogen) atoms. The molecule has 1 atom stereocenters. The fraction of sp³-hybridized carbons (Fsp3) is 0.538. The van der Waals surface area contributed by atoms with Crippen molar-refractivity contribution in [2.45, 2.75) is 44.3 Å². The average Bonchev–Trinajstić information content (AvgIpc) is 3.18. The Morgan fingerprint density at radius 1 is 1.06 bits per heavy atom. The van der Waals surface area contributed by atoms with Gasteiger partial charge in [-0.2, -0.15) is 0 Å². The number of allylic oxidation sites excluding steroid dienone is 3. The Hall–Kier alpha value is -2.24. The third kappa shape index (κ3) is 3.90. The minimum atomic E-state index is 0.622. The van der Waals surface area contributed by atoms with E-state index in [1.165, 1.54) is 61.5 Å². The molecule has 2 saturated heterocycles. The van der Waals surface area contributed by atoms with Crippen LogP contribution in [-0.2, 0) is 13.0 Å². The molecule has 0 spiro atoms. The van der Waals surface area contributed by atoms with E-state index in [2.05, 4.69) is 62.5 Å². The molecular weight excluding hydrogens is 384 g/mol. The molecule has 1 aromatic carbocycles. The lowest BCUT2D eigenvalue weighted by Gasteiger charge is -2.37. The maximum atomic E-state index is 5.75. The topological polar surface area (TPSA) is 31.0 Å². The molecule has 1 aromatic rings. The predicted octanol–water partition coefficient (Wildman–Crippen LogP) is 2.90. The Labute approximate surface area is 186 Å². The molecule has 5 aliphatic heterocycles. The number of fused-ring (bicyclic) bond motifs is 1. The summed E-state index contributed by atoms with van der Waals surface area (Å²) in [6.07, 6.45) is 14.0. The molecule has 0 radical (unpaired) electrons. The van der Waals surface area contributed by atoms with Gasteiger partial charge in [0.1, 0.15) is 11.6 Å². The van der Waals surface area contributed by atoms with Crippen molar-refractivity contribution in [1.82, 2.24) is 20.0 Å². The van der Waals surface area contributed by atoms with Crippen molar-refractivity contribution in [3.63, 3.8) is 0 Å². The predicted molar refractivity (Wildman–Crippen MR) is 124 cm³/mol. The van der Waals surface area contributed by atoms with Crippen molar-refractivity contribution in [3.05, 3.63) is 65.0 Å². The van der Waals surface area contributed by atoms with Gasteiger partial charge in [-0.15, -0.1) is 0 Å². The van der Waals surface area contributed by atoms with Crippen LogP contribution in [0, 0.1) is 0 Å². The molecule has 164 valence electrons. The second-order valence-corrected chi connectivity index (χ2v) is 9.64. The zero-order chi connectivity index (χ0) is 20.6. The van der Waals surface area contributed by atoms with Gasteiger partial charge in [-0.05, 0) is 56.0 Å². The van der Waals surface area contributed by atoms with Crippen molar-refractivity contribution in [2.24, 2.45) is 0 Å². The second-order valence-electron chi connectivity index (χ2n) is 9.64. The second kappa shape index (κ2) is 8.36. The smallest absolute Gasteiger partial charge is 0.122 e. The van der Waals surface area contributed by atoms with Crippen LogP contribution in [0.25, 0.3) is 0 Å². The van der Waals surface area contributed by atoms with Gasteiger partial charge in [0.05, 0.1) is 12.6 Å². The largest absolute Gasteiger partial charge is 0.493 e. The van der Waals surface area contributed by atoms with Gasteiger partial charge in [-0.3, -0.25) is 0 Å². The average molecular weight is 419 g/mol. The van der Waals surface area contributed by atoms with Crippen LogP contribution in [0.2, 0.25) is 0 Å². The van der Waals surface area contributed by atoms with Crippen LogP contribution < -0.4 is 10.1 Å². The van der Waals surface area contributed by atoms with Crippen LogP contribution in [0.3, 0.4) is 0 Å². The van der Waals surface area contributed by atoms with Gasteiger partial charge in [0.25, 0.3) is 0 Å². The molecule has 5 nitrogen and oxygen atoms in total. The number of hydrogen-bond donors (Lipinski definition) is 1. The van der Waals surface area contributed by atoms with Gasteiger partial charge < -0.3 is 24.8 Å². The van der Waals surface area contributed by atoms with Gasteiger partial charge >= 0.3 is 0 Å². The zero-order valence-electron chi connectivity index (χ0n) is 18.4. The lowest BCUT2D eigenvalue weighted by atomic mass is 10.0. The highest BCUT2D eigenvalue weighted by Crippen LogP contribution is 2.33. The number of nitrogens with zero attached hydrogens (tertiary/aromatic N) is 3. The maximum absolute atomic E-state index is 5.75. The monoisotopic (exact) mass is 418 g/mol. The Morgan fingerprint density at radius 2 is 1.94 bits per heavy atom. The summed E-state index contributed by atoms with van der Waals surface area (Å²) in [6.45, 7) is 8.76. The van der Waals surface area contributed by atoms with E-state index in [1.807, 2.05) is 0 Å². The molecule has 5 heteroatoms.